The Morgan fingerprint density at radius 2 is 2.12 bits per heavy atom. The third-order valence-electron chi connectivity index (χ3n) is 2.54. The van der Waals surface area contributed by atoms with E-state index >= 15 is 0 Å². The maximum absolute atomic E-state index is 8.83. The number of nitrogens with two attached hydrogens (primary N) is 1. The zero-order valence-corrected chi connectivity index (χ0v) is 9.89. The van der Waals surface area contributed by atoms with E-state index in [1.165, 1.54) is 0 Å². The largest absolute Gasteiger partial charge is 0.394 e. The van der Waals surface area contributed by atoms with Crippen molar-refractivity contribution < 1.29 is 9.63 Å². The molecular formula is C10H20N4O2. The molecule has 6 nitrogen and oxygen atoms in total. The van der Waals surface area contributed by atoms with Crippen LogP contribution in [0, 0.1) is 0 Å². The number of aliphatic hydroxyl groups is 1. The van der Waals surface area contributed by atoms with Gasteiger partial charge in [-0.2, -0.15) is 4.98 Å². The molecule has 92 valence electrons. The average Bonchev–Trinajstić information content (AvgIpc) is 2.78. The van der Waals surface area contributed by atoms with Gasteiger partial charge < -0.3 is 20.3 Å². The molecule has 0 aliphatic carbocycles. The smallest absolute Gasteiger partial charge is 0.245 e. The lowest BCUT2D eigenvalue weighted by Crippen LogP contribution is -2.25. The molecule has 0 aliphatic heterocycles. The van der Waals surface area contributed by atoms with E-state index in [4.69, 9.17) is 15.4 Å². The number of hydrogen-bond acceptors (Lipinski definition) is 6. The topological polar surface area (TPSA) is 88.4 Å². The fourth-order valence-electron chi connectivity index (χ4n) is 1.40. The van der Waals surface area contributed by atoms with Crippen molar-refractivity contribution in [3.63, 3.8) is 0 Å². The molecule has 0 fully saturated rings. The molecule has 1 heterocycles. The van der Waals surface area contributed by atoms with Crippen LogP contribution in [0.15, 0.2) is 4.52 Å². The summed E-state index contributed by atoms with van der Waals surface area (Å²) >= 11 is 0. The molecule has 0 saturated carbocycles. The Hall–Kier alpha value is -0.980. The summed E-state index contributed by atoms with van der Waals surface area (Å²) in [6.07, 6.45) is 0.739. The summed E-state index contributed by atoms with van der Waals surface area (Å²) in [4.78, 5) is 6.41. The van der Waals surface area contributed by atoms with Crippen LogP contribution < -0.4 is 5.73 Å². The van der Waals surface area contributed by atoms with Gasteiger partial charge in [0, 0.05) is 13.0 Å². The van der Waals surface area contributed by atoms with Crippen LogP contribution in [0.1, 0.15) is 31.6 Å². The maximum atomic E-state index is 8.83. The number of nitrogens with zero attached hydrogens (tertiary/aromatic N) is 3. The first kappa shape index (κ1) is 13.1. The lowest BCUT2D eigenvalue weighted by molar-refractivity contribution is 0.236. The monoisotopic (exact) mass is 228 g/mol. The Morgan fingerprint density at radius 1 is 1.44 bits per heavy atom. The molecule has 1 aromatic heterocycles. The minimum Gasteiger partial charge on any atom is -0.394 e. The predicted octanol–water partition coefficient (Wildman–Crippen LogP) is -0.0540. The number of aromatic nitrogens is 2. The minimum atomic E-state index is -0.574. The Bertz CT molecular complexity index is 299. The maximum Gasteiger partial charge on any atom is 0.245 e. The molecule has 0 unspecified atom stereocenters. The van der Waals surface area contributed by atoms with Crippen LogP contribution in [-0.4, -0.2) is 46.4 Å². The van der Waals surface area contributed by atoms with Gasteiger partial charge in [0.2, 0.25) is 5.89 Å². The normalized spacial score (nSPS) is 13.3. The molecule has 0 spiro atoms. The van der Waals surface area contributed by atoms with Gasteiger partial charge in [-0.25, -0.2) is 0 Å². The van der Waals surface area contributed by atoms with E-state index in [1.54, 1.807) is 0 Å². The molecule has 0 radical (unpaired) electrons. The van der Waals surface area contributed by atoms with Gasteiger partial charge in [-0.05, 0) is 13.1 Å². The second kappa shape index (κ2) is 6.57. The molecule has 0 amide bonds. The third kappa shape index (κ3) is 3.55. The van der Waals surface area contributed by atoms with Crippen LogP contribution in [0.25, 0.3) is 0 Å². The third-order valence-corrected chi connectivity index (χ3v) is 2.54. The van der Waals surface area contributed by atoms with Crippen LogP contribution in [0.2, 0.25) is 0 Å². The van der Waals surface area contributed by atoms with Crippen molar-refractivity contribution in [3.05, 3.63) is 11.7 Å². The minimum absolute atomic E-state index is 0.183. The number of aliphatic hydroxyl groups excluding tert-OH is 1. The van der Waals surface area contributed by atoms with Gasteiger partial charge in [0.25, 0.3) is 0 Å². The van der Waals surface area contributed by atoms with E-state index in [-0.39, 0.29) is 6.61 Å². The second-order valence-corrected chi connectivity index (χ2v) is 3.61. The van der Waals surface area contributed by atoms with E-state index < -0.39 is 6.04 Å². The quantitative estimate of drug-likeness (QED) is 0.680. The first-order valence-corrected chi connectivity index (χ1v) is 5.62. The Labute approximate surface area is 95.4 Å². The summed E-state index contributed by atoms with van der Waals surface area (Å²) < 4.78 is 4.95. The van der Waals surface area contributed by atoms with Crippen molar-refractivity contribution in [2.24, 2.45) is 5.73 Å². The van der Waals surface area contributed by atoms with E-state index in [9.17, 15) is 0 Å². The summed E-state index contributed by atoms with van der Waals surface area (Å²) in [6.45, 7) is 6.98. The SMILES string of the molecule is CCN(CC)CCc1noc([C@@H](N)CO)n1. The lowest BCUT2D eigenvalue weighted by atomic mass is 10.3. The molecule has 0 aliphatic rings. The molecule has 6 heteroatoms. The van der Waals surface area contributed by atoms with E-state index in [0.717, 1.165) is 26.1 Å². The second-order valence-electron chi connectivity index (χ2n) is 3.61. The molecule has 1 rings (SSSR count). The van der Waals surface area contributed by atoms with Crippen molar-refractivity contribution in [1.29, 1.82) is 0 Å². The Kier molecular flexibility index (Phi) is 5.37. The Balaban J connectivity index is 2.46. The highest BCUT2D eigenvalue weighted by Gasteiger charge is 2.13. The molecule has 3 N–H and O–H groups in total. The number of likely N-dealkylation sites (N-methyl/N-ethyl adjacent to an activating group) is 1. The predicted molar refractivity (Wildman–Crippen MR) is 59.8 cm³/mol. The molecular weight excluding hydrogens is 208 g/mol. The molecule has 1 atom stereocenters. The van der Waals surface area contributed by atoms with Crippen molar-refractivity contribution in [2.45, 2.75) is 26.3 Å². The van der Waals surface area contributed by atoms with Gasteiger partial charge in [0.15, 0.2) is 5.82 Å². The van der Waals surface area contributed by atoms with Gasteiger partial charge in [-0.1, -0.05) is 19.0 Å². The van der Waals surface area contributed by atoms with Crippen molar-refractivity contribution in [1.82, 2.24) is 15.0 Å². The summed E-state index contributed by atoms with van der Waals surface area (Å²) in [7, 11) is 0. The van der Waals surface area contributed by atoms with Gasteiger partial charge >= 0.3 is 0 Å². The molecule has 16 heavy (non-hydrogen) atoms. The van der Waals surface area contributed by atoms with Crippen molar-refractivity contribution in [3.8, 4) is 0 Å². The van der Waals surface area contributed by atoms with Crippen molar-refractivity contribution in [2.75, 3.05) is 26.2 Å². The highest BCUT2D eigenvalue weighted by atomic mass is 16.5. The van der Waals surface area contributed by atoms with E-state index in [2.05, 4.69) is 28.9 Å². The molecule has 0 saturated heterocycles. The van der Waals surface area contributed by atoms with Crippen molar-refractivity contribution >= 4 is 0 Å². The van der Waals surface area contributed by atoms with Crippen LogP contribution in [-0.2, 0) is 6.42 Å². The van der Waals surface area contributed by atoms with Crippen LogP contribution in [0.5, 0.6) is 0 Å². The zero-order chi connectivity index (χ0) is 12.0. The Morgan fingerprint density at radius 3 is 2.69 bits per heavy atom. The lowest BCUT2D eigenvalue weighted by Gasteiger charge is -2.16. The first-order chi connectivity index (χ1) is 7.71. The van der Waals surface area contributed by atoms with Gasteiger partial charge in [0.1, 0.15) is 6.04 Å². The molecule has 1 aromatic rings. The molecule has 0 bridgehead atoms. The van der Waals surface area contributed by atoms with Gasteiger partial charge in [0.05, 0.1) is 6.61 Å². The summed E-state index contributed by atoms with van der Waals surface area (Å²) in [5.41, 5.74) is 5.56. The summed E-state index contributed by atoms with van der Waals surface area (Å²) in [6, 6.07) is -0.574. The standard InChI is InChI=1S/C10H20N4O2/c1-3-14(4-2)6-5-9-12-10(16-13-9)8(11)7-15/h8,15H,3-7,11H2,1-2H3/t8-/m0/s1. The fraction of sp³-hybridized carbons (Fsp3) is 0.800. The number of rotatable bonds is 7. The summed E-state index contributed by atoms with van der Waals surface area (Å²) in [5, 5.41) is 12.7. The first-order valence-electron chi connectivity index (χ1n) is 5.62. The van der Waals surface area contributed by atoms with Crippen LogP contribution in [0.3, 0.4) is 0 Å². The average molecular weight is 228 g/mol. The van der Waals surface area contributed by atoms with Crippen LogP contribution in [0.4, 0.5) is 0 Å². The van der Waals surface area contributed by atoms with Crippen LogP contribution >= 0.6 is 0 Å². The molecule has 0 aromatic carbocycles. The van der Waals surface area contributed by atoms with Gasteiger partial charge in [-0.3, -0.25) is 0 Å². The fourth-order valence-corrected chi connectivity index (χ4v) is 1.40. The van der Waals surface area contributed by atoms with E-state index in [0.29, 0.717) is 11.7 Å². The highest BCUT2D eigenvalue weighted by Crippen LogP contribution is 2.07. The highest BCUT2D eigenvalue weighted by molar-refractivity contribution is 4.92. The van der Waals surface area contributed by atoms with Gasteiger partial charge in [-0.15, -0.1) is 0 Å². The number of hydrogen-bond donors (Lipinski definition) is 2. The summed E-state index contributed by atoms with van der Waals surface area (Å²) in [5.74, 6) is 0.947. The van der Waals surface area contributed by atoms with E-state index in [1.807, 2.05) is 0 Å². The zero-order valence-electron chi connectivity index (χ0n) is 9.89.